The fourth-order valence-corrected chi connectivity index (χ4v) is 1.91. The number of nitrogens with zero attached hydrogens (tertiary/aromatic N) is 2. The van der Waals surface area contributed by atoms with E-state index in [2.05, 4.69) is 0 Å². The van der Waals surface area contributed by atoms with Gasteiger partial charge in [0.1, 0.15) is 0 Å². The van der Waals surface area contributed by atoms with Crippen molar-refractivity contribution in [3.63, 3.8) is 0 Å². The molecule has 2 rings (SSSR count). The molecule has 0 radical (unpaired) electrons. The van der Waals surface area contributed by atoms with Crippen molar-refractivity contribution in [3.8, 4) is 0 Å². The summed E-state index contributed by atoms with van der Waals surface area (Å²) in [6.07, 6.45) is -11.4. The topological polar surface area (TPSA) is 86.3 Å². The summed E-state index contributed by atoms with van der Waals surface area (Å²) in [6, 6.07) is 3.89. The van der Waals surface area contributed by atoms with Crippen LogP contribution in [0.1, 0.15) is 11.1 Å². The highest BCUT2D eigenvalue weighted by molar-refractivity contribution is 5.36. The molecule has 0 heterocycles. The van der Waals surface area contributed by atoms with E-state index in [1.165, 1.54) is 0 Å². The fraction of sp³-hybridized carbons (Fsp3) is 0.250. The van der Waals surface area contributed by atoms with Gasteiger partial charge in [-0.1, -0.05) is 0 Å². The van der Waals surface area contributed by atoms with Crippen LogP contribution in [0.4, 0.5) is 55.3 Å². The Hall–Kier alpha value is -3.46. The third kappa shape index (κ3) is 5.82. The molecule has 176 valence electrons. The predicted molar refractivity (Wildman–Crippen MR) is 86.1 cm³/mol. The van der Waals surface area contributed by atoms with Gasteiger partial charge in [-0.3, -0.25) is 20.2 Å². The number of hydrogen-bond donors (Lipinski definition) is 0. The molecule has 2 aromatic rings. The zero-order valence-electron chi connectivity index (χ0n) is 14.9. The molecule has 0 aliphatic rings. The number of benzene rings is 2. The summed E-state index contributed by atoms with van der Waals surface area (Å²) in [6.45, 7) is 0. The summed E-state index contributed by atoms with van der Waals surface area (Å²) in [5.41, 5.74) is -3.76. The van der Waals surface area contributed by atoms with Gasteiger partial charge in [0.25, 0.3) is 11.4 Å². The Bertz CT molecular complexity index is 875. The van der Waals surface area contributed by atoms with Gasteiger partial charge < -0.3 is 0 Å². The van der Waals surface area contributed by atoms with Crippen LogP contribution in [-0.2, 0) is 11.8 Å². The molecule has 0 N–H and O–H groups in total. The third-order valence-electron chi connectivity index (χ3n) is 3.59. The molecule has 0 amide bonds. The van der Waals surface area contributed by atoms with E-state index in [4.69, 9.17) is 0 Å². The maximum atomic E-state index is 12.7. The highest BCUT2D eigenvalue weighted by Gasteiger charge is 2.59. The highest BCUT2D eigenvalue weighted by Crippen LogP contribution is 2.45. The first-order valence-corrected chi connectivity index (χ1v) is 7.71. The maximum Gasteiger partial charge on any atom is 0.458 e. The van der Waals surface area contributed by atoms with Crippen LogP contribution in [0, 0.1) is 20.2 Å². The monoisotopic (exact) mass is 482 g/mol. The van der Waals surface area contributed by atoms with Gasteiger partial charge in [0.15, 0.2) is 0 Å². The molecule has 0 saturated carbocycles. The minimum Gasteiger partial charge on any atom is -0.258 e. The molecular formula is C16H8F10N2O4. The van der Waals surface area contributed by atoms with Gasteiger partial charge in [-0.05, 0) is 24.3 Å². The smallest absolute Gasteiger partial charge is 0.258 e. The Morgan fingerprint density at radius 3 is 0.875 bits per heavy atom. The van der Waals surface area contributed by atoms with E-state index in [9.17, 15) is 64.1 Å². The van der Waals surface area contributed by atoms with E-state index in [1.54, 1.807) is 0 Å². The van der Waals surface area contributed by atoms with Crippen molar-refractivity contribution in [2.75, 3.05) is 0 Å². The lowest BCUT2D eigenvalue weighted by molar-refractivity contribution is -0.385. The zero-order valence-corrected chi connectivity index (χ0v) is 14.9. The van der Waals surface area contributed by atoms with Crippen molar-refractivity contribution in [1.29, 1.82) is 0 Å². The Morgan fingerprint density at radius 2 is 0.719 bits per heavy atom. The second-order valence-electron chi connectivity index (χ2n) is 5.75. The number of non-ortho nitro benzene ring substituents is 2. The van der Waals surface area contributed by atoms with Crippen molar-refractivity contribution >= 4 is 11.4 Å². The lowest BCUT2D eigenvalue weighted by atomic mass is 10.1. The van der Waals surface area contributed by atoms with Crippen LogP contribution < -0.4 is 0 Å². The quantitative estimate of drug-likeness (QED) is 0.283. The molecule has 0 aliphatic heterocycles. The molecule has 0 bridgehead atoms. The SMILES string of the molecule is O=[N+]([O-])c1ccc(C(F)(F)C(F)(F)F)cc1.O=[N+]([O-])c1ccc(C(F)(F)C(F)(F)F)cc1. The third-order valence-corrected chi connectivity index (χ3v) is 3.59. The highest BCUT2D eigenvalue weighted by atomic mass is 19.4. The molecule has 6 nitrogen and oxygen atoms in total. The molecular weight excluding hydrogens is 474 g/mol. The van der Waals surface area contributed by atoms with E-state index >= 15 is 0 Å². The predicted octanol–water partition coefficient (Wildman–Crippen LogP) is 6.50. The summed E-state index contributed by atoms with van der Waals surface area (Å²) in [7, 11) is 0. The molecule has 2 aromatic carbocycles. The Labute approximate surface area is 170 Å². The first-order chi connectivity index (χ1) is 14.3. The minimum absolute atomic E-state index is 0.381. The molecule has 0 aliphatic carbocycles. The second kappa shape index (κ2) is 8.96. The van der Waals surface area contributed by atoms with Crippen molar-refractivity contribution in [1.82, 2.24) is 0 Å². The molecule has 16 heteroatoms. The average molecular weight is 482 g/mol. The van der Waals surface area contributed by atoms with Gasteiger partial charge in [-0.2, -0.15) is 43.9 Å². The van der Waals surface area contributed by atoms with Crippen LogP contribution >= 0.6 is 0 Å². The normalized spacial score (nSPS) is 12.6. The molecule has 0 saturated heterocycles. The second-order valence-corrected chi connectivity index (χ2v) is 5.75. The average Bonchev–Trinajstić information content (AvgIpc) is 2.66. The van der Waals surface area contributed by atoms with Gasteiger partial charge in [-0.25, -0.2) is 0 Å². The lowest BCUT2D eigenvalue weighted by Gasteiger charge is -2.19. The number of halogens is 10. The van der Waals surface area contributed by atoms with Crippen molar-refractivity contribution in [2.24, 2.45) is 0 Å². The molecule has 32 heavy (non-hydrogen) atoms. The minimum atomic E-state index is -5.72. The molecule has 0 unspecified atom stereocenters. The largest absolute Gasteiger partial charge is 0.458 e. The van der Waals surface area contributed by atoms with Crippen molar-refractivity contribution in [3.05, 3.63) is 79.9 Å². The molecule has 0 atom stereocenters. The van der Waals surface area contributed by atoms with E-state index in [-0.39, 0.29) is 0 Å². The van der Waals surface area contributed by atoms with Gasteiger partial charge in [0, 0.05) is 35.4 Å². The van der Waals surface area contributed by atoms with Gasteiger partial charge in [0.05, 0.1) is 9.85 Å². The van der Waals surface area contributed by atoms with Gasteiger partial charge in [0.2, 0.25) is 0 Å². The molecule has 0 aromatic heterocycles. The van der Waals surface area contributed by atoms with E-state index in [1.807, 2.05) is 0 Å². The summed E-state index contributed by atoms with van der Waals surface area (Å²) < 4.78 is 122. The van der Waals surface area contributed by atoms with Gasteiger partial charge in [-0.15, -0.1) is 0 Å². The summed E-state index contributed by atoms with van der Waals surface area (Å²) >= 11 is 0. The maximum absolute atomic E-state index is 12.7. The zero-order chi connectivity index (χ0) is 25.1. The number of hydrogen-bond acceptors (Lipinski definition) is 4. The van der Waals surface area contributed by atoms with Crippen LogP contribution in [0.5, 0.6) is 0 Å². The standard InChI is InChI=1S/2C8H4F5NO2/c2*9-7(10,8(11,12)13)5-1-3-6(4-2-5)14(15)16/h2*1-4H. The van der Waals surface area contributed by atoms with Crippen LogP contribution in [0.15, 0.2) is 48.5 Å². The first kappa shape index (κ1) is 26.6. The lowest BCUT2D eigenvalue weighted by Crippen LogP contribution is -2.33. The fourth-order valence-electron chi connectivity index (χ4n) is 1.91. The van der Waals surface area contributed by atoms with E-state index in [0.717, 1.165) is 0 Å². The Kier molecular flexibility index (Phi) is 7.44. The number of rotatable bonds is 4. The molecule has 0 spiro atoms. The van der Waals surface area contributed by atoms with Crippen LogP contribution in [-0.4, -0.2) is 22.2 Å². The summed E-state index contributed by atoms with van der Waals surface area (Å²) in [5, 5.41) is 20.3. The summed E-state index contributed by atoms with van der Waals surface area (Å²) in [5.74, 6) is -10.0. The molecule has 0 fully saturated rings. The van der Waals surface area contributed by atoms with Gasteiger partial charge >= 0.3 is 24.2 Å². The van der Waals surface area contributed by atoms with Crippen molar-refractivity contribution in [2.45, 2.75) is 24.2 Å². The van der Waals surface area contributed by atoms with Crippen molar-refractivity contribution < 1.29 is 53.8 Å². The van der Waals surface area contributed by atoms with E-state index < -0.39 is 56.5 Å². The number of alkyl halides is 10. The summed E-state index contributed by atoms with van der Waals surface area (Å²) in [4.78, 5) is 18.5. The van der Waals surface area contributed by atoms with Crippen LogP contribution in [0.2, 0.25) is 0 Å². The van der Waals surface area contributed by atoms with Crippen LogP contribution in [0.3, 0.4) is 0 Å². The van der Waals surface area contributed by atoms with Crippen LogP contribution in [0.25, 0.3) is 0 Å². The number of nitro groups is 2. The number of nitro benzene ring substituents is 2. The Morgan fingerprint density at radius 1 is 0.500 bits per heavy atom. The Balaban J connectivity index is 0.000000320. The first-order valence-electron chi connectivity index (χ1n) is 7.71. The van der Waals surface area contributed by atoms with E-state index in [0.29, 0.717) is 48.5 Å².